The number of carbonyl (C=O) groups excluding carboxylic acids is 1. The van der Waals surface area contributed by atoms with E-state index in [2.05, 4.69) is 37.7 Å². The van der Waals surface area contributed by atoms with Crippen LogP contribution in [0.15, 0.2) is 42.7 Å². The number of nitrogens with one attached hydrogen (secondary N) is 3. The number of hydrogen-bond acceptors (Lipinski definition) is 8. The monoisotopic (exact) mass is 591 g/mol. The first kappa shape index (κ1) is 28.7. The summed E-state index contributed by atoms with van der Waals surface area (Å²) in [7, 11) is 0. The second-order valence-electron chi connectivity index (χ2n) is 9.53. The van der Waals surface area contributed by atoms with Crippen molar-refractivity contribution in [2.45, 2.75) is 19.6 Å². The van der Waals surface area contributed by atoms with Crippen molar-refractivity contribution in [2.24, 2.45) is 0 Å². The lowest BCUT2D eigenvalue weighted by Crippen LogP contribution is -2.45. The van der Waals surface area contributed by atoms with Crippen molar-refractivity contribution >= 4 is 34.8 Å². The molecule has 3 heterocycles. The lowest BCUT2D eigenvalue weighted by molar-refractivity contribution is -0.138. The van der Waals surface area contributed by atoms with Gasteiger partial charge < -0.3 is 30.3 Å². The molecule has 2 aromatic carbocycles. The lowest BCUT2D eigenvalue weighted by atomic mass is 10.0. The fraction of sp³-hybridized carbons (Fsp3) is 0.370. The first-order chi connectivity index (χ1) is 19.7. The number of carbonyl (C=O) groups is 1. The molecule has 3 N–H and O–H groups in total. The van der Waals surface area contributed by atoms with Gasteiger partial charge in [-0.05, 0) is 36.4 Å². The molecule has 0 spiro atoms. The summed E-state index contributed by atoms with van der Waals surface area (Å²) in [6, 6.07) is 7.62. The normalized spacial score (nSPS) is 15.8. The van der Waals surface area contributed by atoms with Gasteiger partial charge in [-0.25, -0.2) is 9.78 Å². The maximum atomic E-state index is 13.9. The third-order valence-corrected chi connectivity index (χ3v) is 7.11. The highest BCUT2D eigenvalue weighted by Gasteiger charge is 2.34. The Hall–Kier alpha value is -3.81. The van der Waals surface area contributed by atoms with Gasteiger partial charge in [-0.2, -0.15) is 18.2 Å². The SMILES string of the molecule is CCN1CCN(Cc2ccc(NC(=O)Nc3ccc(Oc4ncnc5c4OCCN5)cc3Cl)cc2C(F)(F)F)CC1. The Morgan fingerprint density at radius 1 is 1.10 bits per heavy atom. The summed E-state index contributed by atoms with van der Waals surface area (Å²) in [4.78, 5) is 25.1. The summed E-state index contributed by atoms with van der Waals surface area (Å²) in [5.74, 6) is 1.42. The number of anilines is 3. The zero-order valence-corrected chi connectivity index (χ0v) is 23.0. The summed E-state index contributed by atoms with van der Waals surface area (Å²) in [6.07, 6.45) is -3.24. The molecule has 14 heteroatoms. The molecule has 5 rings (SSSR count). The fourth-order valence-corrected chi connectivity index (χ4v) is 4.84. The number of ether oxygens (including phenoxy) is 2. The molecular weight excluding hydrogens is 563 g/mol. The topological polar surface area (TPSA) is 104 Å². The van der Waals surface area contributed by atoms with Crippen molar-refractivity contribution in [2.75, 3.05) is 61.8 Å². The molecule has 10 nitrogen and oxygen atoms in total. The van der Waals surface area contributed by atoms with Gasteiger partial charge in [0.15, 0.2) is 5.82 Å². The van der Waals surface area contributed by atoms with Crippen LogP contribution in [0.25, 0.3) is 0 Å². The second kappa shape index (κ2) is 12.4. The molecule has 41 heavy (non-hydrogen) atoms. The average molecular weight is 592 g/mol. The van der Waals surface area contributed by atoms with Gasteiger partial charge in [-0.3, -0.25) is 4.90 Å². The summed E-state index contributed by atoms with van der Waals surface area (Å²) in [5.41, 5.74) is -0.373. The summed E-state index contributed by atoms with van der Waals surface area (Å²) < 4.78 is 53.1. The third kappa shape index (κ3) is 7.10. The number of hydrogen-bond donors (Lipinski definition) is 3. The number of nitrogens with zero attached hydrogens (tertiary/aromatic N) is 4. The van der Waals surface area contributed by atoms with E-state index in [1.807, 2.05) is 4.90 Å². The molecular formula is C27H29ClF3N7O3. The van der Waals surface area contributed by atoms with Crippen LogP contribution in [0.5, 0.6) is 17.4 Å². The average Bonchev–Trinajstić information content (AvgIpc) is 2.95. The number of alkyl halides is 3. The minimum Gasteiger partial charge on any atom is -0.483 e. The largest absolute Gasteiger partial charge is 0.483 e. The van der Waals surface area contributed by atoms with Crippen molar-refractivity contribution < 1.29 is 27.4 Å². The van der Waals surface area contributed by atoms with Gasteiger partial charge in [0.25, 0.3) is 5.88 Å². The van der Waals surface area contributed by atoms with Crippen molar-refractivity contribution in [1.82, 2.24) is 19.8 Å². The molecule has 0 aliphatic carbocycles. The first-order valence-electron chi connectivity index (χ1n) is 13.1. The highest BCUT2D eigenvalue weighted by atomic mass is 35.5. The lowest BCUT2D eigenvalue weighted by Gasteiger charge is -2.34. The molecule has 3 aromatic rings. The molecule has 1 fully saturated rings. The summed E-state index contributed by atoms with van der Waals surface area (Å²) in [6.45, 7) is 7.25. The van der Waals surface area contributed by atoms with Gasteiger partial charge in [0.1, 0.15) is 18.7 Å². The van der Waals surface area contributed by atoms with Crippen LogP contribution in [-0.4, -0.2) is 71.7 Å². The number of rotatable bonds is 7. The van der Waals surface area contributed by atoms with Crippen LogP contribution >= 0.6 is 11.6 Å². The van der Waals surface area contributed by atoms with Gasteiger partial charge in [0, 0.05) is 44.5 Å². The summed E-state index contributed by atoms with van der Waals surface area (Å²) >= 11 is 6.35. The number of benzene rings is 2. The van der Waals surface area contributed by atoms with E-state index < -0.39 is 17.8 Å². The minimum absolute atomic E-state index is 0.00704. The molecule has 1 aromatic heterocycles. The molecule has 218 valence electrons. The third-order valence-electron chi connectivity index (χ3n) is 6.79. The van der Waals surface area contributed by atoms with Crippen LogP contribution in [0.4, 0.5) is 35.2 Å². The highest BCUT2D eigenvalue weighted by Crippen LogP contribution is 2.38. The Bertz CT molecular complexity index is 1400. The van der Waals surface area contributed by atoms with Crippen LogP contribution in [0.2, 0.25) is 5.02 Å². The first-order valence-corrected chi connectivity index (χ1v) is 13.5. The van der Waals surface area contributed by atoms with Gasteiger partial charge in [-0.1, -0.05) is 24.6 Å². The predicted molar refractivity (Wildman–Crippen MR) is 149 cm³/mol. The minimum atomic E-state index is -4.57. The van der Waals surface area contributed by atoms with Gasteiger partial charge >= 0.3 is 12.2 Å². The number of likely N-dealkylation sites (N-methyl/N-ethyl adjacent to an activating group) is 1. The molecule has 2 amide bonds. The van der Waals surface area contributed by atoms with E-state index in [1.165, 1.54) is 30.6 Å². The number of halogens is 4. The standard InChI is InChI=1S/C27H29ClF3N7O3/c1-2-37-8-10-38(11-9-37)15-17-3-4-18(13-20(17)27(29,30)31)35-26(39)36-22-6-5-19(14-21(22)28)41-25-23-24(33-16-34-25)32-7-12-40-23/h3-6,13-14,16H,2,7-12,15H2,1H3,(H,32,33,34)(H2,35,36,39). The Kier molecular flexibility index (Phi) is 8.66. The Balaban J connectivity index is 1.23. The number of urea groups is 1. The van der Waals surface area contributed by atoms with E-state index in [4.69, 9.17) is 21.1 Å². The van der Waals surface area contributed by atoms with E-state index in [9.17, 15) is 18.0 Å². The molecule has 0 unspecified atom stereocenters. The van der Waals surface area contributed by atoms with Crippen LogP contribution < -0.4 is 25.4 Å². The second-order valence-corrected chi connectivity index (χ2v) is 9.94. The zero-order valence-electron chi connectivity index (χ0n) is 22.2. The van der Waals surface area contributed by atoms with E-state index in [1.54, 1.807) is 6.07 Å². The quantitative estimate of drug-likeness (QED) is 0.330. The number of fused-ring (bicyclic) bond motifs is 1. The van der Waals surface area contributed by atoms with E-state index in [-0.39, 0.29) is 34.4 Å². The van der Waals surface area contributed by atoms with Gasteiger partial charge in [0.2, 0.25) is 5.75 Å². The van der Waals surface area contributed by atoms with Crippen LogP contribution in [0.3, 0.4) is 0 Å². The van der Waals surface area contributed by atoms with Gasteiger partial charge in [-0.15, -0.1) is 0 Å². The molecule has 2 aliphatic rings. The van der Waals surface area contributed by atoms with Crippen molar-refractivity contribution in [3.8, 4) is 17.4 Å². The van der Waals surface area contributed by atoms with Crippen LogP contribution in [0.1, 0.15) is 18.1 Å². The molecule has 0 saturated carbocycles. The van der Waals surface area contributed by atoms with Crippen molar-refractivity contribution in [3.63, 3.8) is 0 Å². The molecule has 2 aliphatic heterocycles. The van der Waals surface area contributed by atoms with Crippen LogP contribution in [-0.2, 0) is 12.7 Å². The molecule has 0 radical (unpaired) electrons. The van der Waals surface area contributed by atoms with E-state index >= 15 is 0 Å². The summed E-state index contributed by atoms with van der Waals surface area (Å²) in [5, 5.41) is 8.25. The number of amides is 2. The van der Waals surface area contributed by atoms with E-state index in [0.717, 1.165) is 25.7 Å². The smallest absolute Gasteiger partial charge is 0.416 e. The van der Waals surface area contributed by atoms with E-state index in [0.29, 0.717) is 43.6 Å². The Morgan fingerprint density at radius 2 is 1.88 bits per heavy atom. The van der Waals surface area contributed by atoms with Crippen molar-refractivity contribution in [1.29, 1.82) is 0 Å². The molecule has 0 atom stereocenters. The van der Waals surface area contributed by atoms with Crippen LogP contribution in [0, 0.1) is 0 Å². The maximum Gasteiger partial charge on any atom is 0.416 e. The molecule has 1 saturated heterocycles. The zero-order chi connectivity index (χ0) is 29.0. The Labute approximate surface area is 239 Å². The molecule has 0 bridgehead atoms. The Morgan fingerprint density at radius 3 is 2.61 bits per heavy atom. The van der Waals surface area contributed by atoms with Crippen molar-refractivity contribution in [3.05, 3.63) is 58.9 Å². The predicted octanol–water partition coefficient (Wildman–Crippen LogP) is 5.53. The number of aromatic nitrogens is 2. The fourth-order valence-electron chi connectivity index (χ4n) is 4.63. The maximum absolute atomic E-state index is 13.9. The van der Waals surface area contributed by atoms with Gasteiger partial charge in [0.05, 0.1) is 22.8 Å². The number of piperazine rings is 1. The highest BCUT2D eigenvalue weighted by molar-refractivity contribution is 6.34.